The summed E-state index contributed by atoms with van der Waals surface area (Å²) in [5, 5.41) is 8.84. The minimum Gasteiger partial charge on any atom is -0.497 e. The van der Waals surface area contributed by atoms with E-state index in [0.717, 1.165) is 0 Å². The van der Waals surface area contributed by atoms with Crippen LogP contribution in [0.4, 0.5) is 0 Å². The van der Waals surface area contributed by atoms with Crippen LogP contribution in [0.1, 0.15) is 16.2 Å². The molecule has 1 heterocycles. The molecule has 0 saturated heterocycles. The van der Waals surface area contributed by atoms with Crippen LogP contribution in [0.25, 0.3) is 0 Å². The van der Waals surface area contributed by atoms with Crippen LogP contribution in [-0.2, 0) is 6.61 Å². The average Bonchev–Trinajstić information content (AvgIpc) is 2.45. The van der Waals surface area contributed by atoms with Crippen LogP contribution in [0.2, 0.25) is 0 Å². The Kier molecular flexibility index (Phi) is 3.97. The van der Waals surface area contributed by atoms with E-state index < -0.39 is 5.97 Å². The Morgan fingerprint density at radius 1 is 1.21 bits per heavy atom. The van der Waals surface area contributed by atoms with Gasteiger partial charge in [0.2, 0.25) is 0 Å². The van der Waals surface area contributed by atoms with Gasteiger partial charge < -0.3 is 14.6 Å². The first-order valence-corrected chi connectivity index (χ1v) is 5.65. The van der Waals surface area contributed by atoms with E-state index in [0.29, 0.717) is 17.2 Å². The fourth-order valence-corrected chi connectivity index (χ4v) is 1.53. The van der Waals surface area contributed by atoms with Gasteiger partial charge in [0, 0.05) is 6.07 Å². The third-order valence-corrected chi connectivity index (χ3v) is 2.45. The number of aromatic carboxylic acids is 1. The smallest absolute Gasteiger partial charge is 0.354 e. The lowest BCUT2D eigenvalue weighted by molar-refractivity contribution is 0.0690. The summed E-state index contributed by atoms with van der Waals surface area (Å²) in [7, 11) is 1.58. The Morgan fingerprint density at radius 3 is 2.68 bits per heavy atom. The fourth-order valence-electron chi connectivity index (χ4n) is 1.53. The normalized spacial score (nSPS) is 9.95. The van der Waals surface area contributed by atoms with Crippen LogP contribution in [0, 0.1) is 0 Å². The molecular formula is C14H13NO4. The highest BCUT2D eigenvalue weighted by Crippen LogP contribution is 2.19. The monoisotopic (exact) mass is 259 g/mol. The van der Waals surface area contributed by atoms with Gasteiger partial charge in [-0.15, -0.1) is 0 Å². The molecule has 0 atom stereocenters. The fraction of sp³-hybridized carbons (Fsp3) is 0.143. The first-order chi connectivity index (χ1) is 9.19. The maximum atomic E-state index is 10.8. The van der Waals surface area contributed by atoms with E-state index in [4.69, 9.17) is 14.6 Å². The predicted octanol–water partition coefficient (Wildman–Crippen LogP) is 2.37. The van der Waals surface area contributed by atoms with Gasteiger partial charge >= 0.3 is 5.97 Å². The van der Waals surface area contributed by atoms with Gasteiger partial charge in [-0.1, -0.05) is 12.1 Å². The summed E-state index contributed by atoms with van der Waals surface area (Å²) in [5.74, 6) is 0.287. The van der Waals surface area contributed by atoms with Gasteiger partial charge in [0.25, 0.3) is 0 Å². The van der Waals surface area contributed by atoms with Crippen LogP contribution in [0.5, 0.6) is 11.5 Å². The Bertz CT molecular complexity index is 583. The molecule has 0 radical (unpaired) electrons. The molecule has 0 aliphatic rings. The molecule has 1 aromatic heterocycles. The number of rotatable bonds is 5. The van der Waals surface area contributed by atoms with Gasteiger partial charge in [0.1, 0.15) is 23.8 Å². The highest BCUT2D eigenvalue weighted by Gasteiger charge is 2.05. The molecule has 0 unspecified atom stereocenters. The second kappa shape index (κ2) is 5.86. The summed E-state index contributed by atoms with van der Waals surface area (Å²) in [6.07, 6.45) is 0. The van der Waals surface area contributed by atoms with E-state index in [1.807, 2.05) is 12.1 Å². The molecule has 0 aliphatic heterocycles. The SMILES string of the molecule is COc1cccc(OCc2cccc(C(=O)O)n2)c1. The van der Waals surface area contributed by atoms with Gasteiger partial charge in [-0.3, -0.25) is 0 Å². The molecule has 0 amide bonds. The Labute approximate surface area is 110 Å². The van der Waals surface area contributed by atoms with Crippen LogP contribution < -0.4 is 9.47 Å². The van der Waals surface area contributed by atoms with E-state index in [-0.39, 0.29) is 12.3 Å². The minimum atomic E-state index is -1.05. The highest BCUT2D eigenvalue weighted by molar-refractivity contribution is 5.85. The molecule has 5 nitrogen and oxygen atoms in total. The second-order valence-electron chi connectivity index (χ2n) is 3.79. The van der Waals surface area contributed by atoms with E-state index in [9.17, 15) is 4.79 Å². The number of hydrogen-bond acceptors (Lipinski definition) is 4. The molecule has 5 heteroatoms. The van der Waals surface area contributed by atoms with Gasteiger partial charge in [0.05, 0.1) is 12.8 Å². The van der Waals surface area contributed by atoms with Gasteiger partial charge in [-0.25, -0.2) is 9.78 Å². The molecule has 98 valence electrons. The molecule has 2 rings (SSSR count). The summed E-state index contributed by atoms with van der Waals surface area (Å²) in [6.45, 7) is 0.203. The maximum absolute atomic E-state index is 10.8. The second-order valence-corrected chi connectivity index (χ2v) is 3.79. The Balaban J connectivity index is 2.05. The summed E-state index contributed by atoms with van der Waals surface area (Å²) in [4.78, 5) is 14.8. The van der Waals surface area contributed by atoms with Gasteiger partial charge in [0.15, 0.2) is 0 Å². The van der Waals surface area contributed by atoms with Crippen molar-refractivity contribution in [1.29, 1.82) is 0 Å². The molecule has 19 heavy (non-hydrogen) atoms. The molecule has 0 bridgehead atoms. The standard InChI is InChI=1S/C14H13NO4/c1-18-11-5-3-6-12(8-11)19-9-10-4-2-7-13(15-10)14(16)17/h2-8H,9H2,1H3,(H,16,17). The molecule has 0 aliphatic carbocycles. The van der Waals surface area contributed by atoms with Crippen molar-refractivity contribution in [3.8, 4) is 11.5 Å². The number of hydrogen-bond donors (Lipinski definition) is 1. The lowest BCUT2D eigenvalue weighted by Gasteiger charge is -2.07. The quantitative estimate of drug-likeness (QED) is 0.892. The average molecular weight is 259 g/mol. The van der Waals surface area contributed by atoms with E-state index in [1.54, 1.807) is 31.4 Å². The van der Waals surface area contributed by atoms with Crippen molar-refractivity contribution in [3.63, 3.8) is 0 Å². The van der Waals surface area contributed by atoms with Crippen molar-refractivity contribution < 1.29 is 19.4 Å². The van der Waals surface area contributed by atoms with E-state index in [1.165, 1.54) is 6.07 Å². The maximum Gasteiger partial charge on any atom is 0.354 e. The number of carbonyl (C=O) groups is 1. The molecule has 1 aromatic carbocycles. The number of pyridine rings is 1. The zero-order chi connectivity index (χ0) is 13.7. The van der Waals surface area contributed by atoms with Crippen LogP contribution in [0.15, 0.2) is 42.5 Å². The summed E-state index contributed by atoms with van der Waals surface area (Å²) >= 11 is 0. The third-order valence-electron chi connectivity index (χ3n) is 2.45. The number of nitrogens with zero attached hydrogens (tertiary/aromatic N) is 1. The third kappa shape index (κ3) is 3.45. The Morgan fingerprint density at radius 2 is 1.95 bits per heavy atom. The molecule has 2 aromatic rings. The van der Waals surface area contributed by atoms with Crippen molar-refractivity contribution >= 4 is 5.97 Å². The lowest BCUT2D eigenvalue weighted by atomic mass is 10.3. The predicted molar refractivity (Wildman–Crippen MR) is 68.5 cm³/mol. The topological polar surface area (TPSA) is 68.7 Å². The van der Waals surface area contributed by atoms with Gasteiger partial charge in [-0.2, -0.15) is 0 Å². The van der Waals surface area contributed by atoms with Crippen molar-refractivity contribution in [2.75, 3.05) is 7.11 Å². The number of carboxylic acids is 1. The van der Waals surface area contributed by atoms with Crippen LogP contribution in [-0.4, -0.2) is 23.2 Å². The van der Waals surface area contributed by atoms with Crippen molar-refractivity contribution in [3.05, 3.63) is 53.9 Å². The molecule has 0 spiro atoms. The summed E-state index contributed by atoms with van der Waals surface area (Å²) in [6, 6.07) is 12.0. The molecule has 1 N–H and O–H groups in total. The Hall–Kier alpha value is -2.56. The van der Waals surface area contributed by atoms with Crippen molar-refractivity contribution in [2.45, 2.75) is 6.61 Å². The highest BCUT2D eigenvalue weighted by atomic mass is 16.5. The summed E-state index contributed by atoms with van der Waals surface area (Å²) < 4.78 is 10.6. The minimum absolute atomic E-state index is 0.00624. The lowest BCUT2D eigenvalue weighted by Crippen LogP contribution is -2.04. The van der Waals surface area contributed by atoms with Gasteiger partial charge in [-0.05, 0) is 24.3 Å². The molecule has 0 saturated carbocycles. The first kappa shape index (κ1) is 12.9. The van der Waals surface area contributed by atoms with E-state index >= 15 is 0 Å². The van der Waals surface area contributed by atoms with Crippen LogP contribution in [0.3, 0.4) is 0 Å². The largest absolute Gasteiger partial charge is 0.497 e. The van der Waals surface area contributed by atoms with E-state index in [2.05, 4.69) is 4.98 Å². The zero-order valence-electron chi connectivity index (χ0n) is 10.4. The number of carboxylic acid groups (broad SMARTS) is 1. The number of ether oxygens (including phenoxy) is 2. The van der Waals surface area contributed by atoms with Crippen molar-refractivity contribution in [2.24, 2.45) is 0 Å². The first-order valence-electron chi connectivity index (χ1n) is 5.65. The van der Waals surface area contributed by atoms with Crippen molar-refractivity contribution in [1.82, 2.24) is 4.98 Å². The van der Waals surface area contributed by atoms with Crippen LogP contribution >= 0.6 is 0 Å². The number of aromatic nitrogens is 1. The zero-order valence-corrected chi connectivity index (χ0v) is 10.4. The number of methoxy groups -OCH3 is 1. The number of benzene rings is 1. The summed E-state index contributed by atoms with van der Waals surface area (Å²) in [5.41, 5.74) is 0.564. The molecular weight excluding hydrogens is 246 g/mol. The molecule has 0 fully saturated rings.